The molecule has 0 aromatic heterocycles. The molecule has 1 unspecified atom stereocenters. The molecule has 0 bridgehead atoms. The van der Waals surface area contributed by atoms with Gasteiger partial charge in [-0.3, -0.25) is 0 Å². The molecular weight excluding hydrogens is 474 g/mol. The Balaban J connectivity index is 1.84. The van der Waals surface area contributed by atoms with Gasteiger partial charge in [-0.1, -0.05) is 86.1 Å². The van der Waals surface area contributed by atoms with Gasteiger partial charge in [0, 0.05) is 11.1 Å². The van der Waals surface area contributed by atoms with E-state index in [2.05, 4.69) is 4.72 Å². The molecule has 3 aromatic rings. The summed E-state index contributed by atoms with van der Waals surface area (Å²) in [6.07, 6.45) is 0.874. The van der Waals surface area contributed by atoms with Gasteiger partial charge < -0.3 is 9.90 Å². The van der Waals surface area contributed by atoms with Crippen molar-refractivity contribution in [1.82, 2.24) is 4.72 Å². The van der Waals surface area contributed by atoms with Gasteiger partial charge in [-0.15, -0.1) is 0 Å². The van der Waals surface area contributed by atoms with Gasteiger partial charge in [-0.2, -0.15) is 0 Å². The fourth-order valence-electron chi connectivity index (χ4n) is 4.11. The second kappa shape index (κ2) is 10.5. The van der Waals surface area contributed by atoms with E-state index in [1.807, 2.05) is 74.5 Å². The highest BCUT2D eigenvalue weighted by atomic mass is 35.5. The van der Waals surface area contributed by atoms with Crippen LogP contribution in [-0.2, 0) is 10.0 Å². The van der Waals surface area contributed by atoms with Crippen molar-refractivity contribution < 1.29 is 18.3 Å². The molecule has 8 heteroatoms. The van der Waals surface area contributed by atoms with Gasteiger partial charge in [0.25, 0.3) is 8.32 Å². The maximum atomic E-state index is 12.8. The molecule has 0 saturated heterocycles. The van der Waals surface area contributed by atoms with Crippen molar-refractivity contribution in [3.63, 3.8) is 0 Å². The average molecular weight is 504 g/mol. The number of hydrogen-bond acceptors (Lipinski definition) is 4. The normalized spacial score (nSPS) is 13.6. The van der Waals surface area contributed by atoms with Crippen LogP contribution in [0.3, 0.4) is 0 Å². The summed E-state index contributed by atoms with van der Waals surface area (Å²) in [7, 11) is -7.03. The Bertz CT molecular complexity index is 1100. The first-order valence-corrected chi connectivity index (χ1v) is 14.6. The molecule has 0 radical (unpaired) electrons. The minimum atomic E-state index is -3.82. The van der Waals surface area contributed by atoms with Crippen LogP contribution in [-0.4, -0.2) is 39.3 Å². The molecule has 0 heterocycles. The fourth-order valence-corrected chi connectivity index (χ4v) is 9.25. The molecule has 3 rings (SSSR count). The first-order chi connectivity index (χ1) is 15.6. The number of aliphatic hydroxyl groups is 1. The van der Waals surface area contributed by atoms with Crippen LogP contribution in [0.15, 0.2) is 89.8 Å². The molecule has 0 saturated carbocycles. The summed E-state index contributed by atoms with van der Waals surface area (Å²) < 4.78 is 28.1. The Kier molecular flexibility index (Phi) is 8.16. The summed E-state index contributed by atoms with van der Waals surface area (Å²) >= 11 is 5.86. The van der Waals surface area contributed by atoms with Gasteiger partial charge >= 0.3 is 0 Å². The van der Waals surface area contributed by atoms with E-state index < -0.39 is 29.4 Å². The lowest BCUT2D eigenvalue weighted by Crippen LogP contribution is -2.65. The maximum absolute atomic E-state index is 12.8. The summed E-state index contributed by atoms with van der Waals surface area (Å²) in [5, 5.41) is 11.6. The summed E-state index contributed by atoms with van der Waals surface area (Å²) in [6, 6.07) is 24.5. The molecule has 3 aromatic carbocycles. The standard InChI is InChI=1S/C25H30ClNO4SSi/c1-25(2,33(31,23-9-5-3-6-10-23)24-11-7-4-8-12-24)18-17-21(19-28)27-32(29,30)22-15-13-20(26)14-16-22/h3-16,21,27-28,31H,17-19H2,1-2H3. The minimum Gasteiger partial charge on any atom is -0.424 e. The monoisotopic (exact) mass is 503 g/mol. The molecule has 0 fully saturated rings. The molecule has 176 valence electrons. The largest absolute Gasteiger partial charge is 0.424 e. The van der Waals surface area contributed by atoms with Crippen molar-refractivity contribution in [2.75, 3.05) is 6.61 Å². The van der Waals surface area contributed by atoms with Crippen molar-refractivity contribution >= 4 is 40.3 Å². The van der Waals surface area contributed by atoms with Gasteiger partial charge in [0.05, 0.1) is 11.5 Å². The SMILES string of the molecule is CC(C)(CCC(CO)NS(=O)(=O)c1ccc(Cl)cc1)[Si](O)(c1ccccc1)c1ccccc1. The van der Waals surface area contributed by atoms with Gasteiger partial charge in [-0.25, -0.2) is 13.1 Å². The number of aliphatic hydroxyl groups excluding tert-OH is 1. The highest BCUT2D eigenvalue weighted by Crippen LogP contribution is 2.40. The van der Waals surface area contributed by atoms with Crippen molar-refractivity contribution in [2.45, 2.75) is 42.7 Å². The van der Waals surface area contributed by atoms with Crippen molar-refractivity contribution in [2.24, 2.45) is 0 Å². The fraction of sp³-hybridized carbons (Fsp3) is 0.280. The Morgan fingerprint density at radius 3 is 1.85 bits per heavy atom. The molecule has 0 amide bonds. The summed E-state index contributed by atoms with van der Waals surface area (Å²) in [4.78, 5) is 12.3. The van der Waals surface area contributed by atoms with Crippen molar-refractivity contribution in [1.29, 1.82) is 0 Å². The predicted molar refractivity (Wildman–Crippen MR) is 136 cm³/mol. The van der Waals surface area contributed by atoms with Crippen LogP contribution in [0.25, 0.3) is 0 Å². The molecule has 1 atom stereocenters. The van der Waals surface area contributed by atoms with E-state index in [1.165, 1.54) is 24.3 Å². The van der Waals surface area contributed by atoms with E-state index in [0.717, 1.165) is 10.4 Å². The van der Waals surface area contributed by atoms with Gasteiger partial charge in [0.2, 0.25) is 10.0 Å². The van der Waals surface area contributed by atoms with Gasteiger partial charge in [0.1, 0.15) is 0 Å². The number of halogens is 1. The van der Waals surface area contributed by atoms with E-state index in [9.17, 15) is 18.3 Å². The van der Waals surface area contributed by atoms with Crippen molar-refractivity contribution in [3.8, 4) is 0 Å². The Morgan fingerprint density at radius 2 is 1.39 bits per heavy atom. The van der Waals surface area contributed by atoms with Crippen LogP contribution in [0, 0.1) is 0 Å². The van der Waals surface area contributed by atoms with Crippen LogP contribution in [0.5, 0.6) is 0 Å². The molecule has 3 N–H and O–H groups in total. The van der Waals surface area contributed by atoms with Gasteiger partial charge in [0.15, 0.2) is 0 Å². The lowest BCUT2D eigenvalue weighted by Gasteiger charge is -2.42. The van der Waals surface area contributed by atoms with Crippen LogP contribution >= 0.6 is 11.6 Å². The number of hydrogen-bond donors (Lipinski definition) is 3. The topological polar surface area (TPSA) is 86.6 Å². The van der Waals surface area contributed by atoms with E-state index in [4.69, 9.17) is 11.6 Å². The molecule has 5 nitrogen and oxygen atoms in total. The van der Waals surface area contributed by atoms with E-state index in [1.54, 1.807) is 0 Å². The summed E-state index contributed by atoms with van der Waals surface area (Å²) in [5.74, 6) is 0. The lowest BCUT2D eigenvalue weighted by atomic mass is 10.0. The molecular formula is C25H30ClNO4SSi. The first kappa shape index (κ1) is 25.6. The van der Waals surface area contributed by atoms with Crippen molar-refractivity contribution in [3.05, 3.63) is 90.0 Å². The highest BCUT2D eigenvalue weighted by molar-refractivity contribution is 7.89. The minimum absolute atomic E-state index is 0.0871. The number of rotatable bonds is 10. The van der Waals surface area contributed by atoms with Crippen LogP contribution in [0.1, 0.15) is 26.7 Å². The van der Waals surface area contributed by atoms with E-state index in [0.29, 0.717) is 17.9 Å². The Morgan fingerprint density at radius 1 is 0.909 bits per heavy atom. The summed E-state index contributed by atoms with van der Waals surface area (Å²) in [6.45, 7) is 3.68. The number of benzene rings is 3. The summed E-state index contributed by atoms with van der Waals surface area (Å²) in [5.41, 5.74) is 0. The molecule has 33 heavy (non-hydrogen) atoms. The van der Waals surface area contributed by atoms with E-state index in [-0.39, 0.29) is 11.5 Å². The quantitative estimate of drug-likeness (QED) is 0.370. The second-order valence-electron chi connectivity index (χ2n) is 8.82. The highest BCUT2D eigenvalue weighted by Gasteiger charge is 2.49. The Hall–Kier alpha value is -2.00. The number of nitrogens with one attached hydrogen (secondary N) is 1. The Labute approximate surface area is 202 Å². The smallest absolute Gasteiger partial charge is 0.258 e. The number of sulfonamides is 1. The van der Waals surface area contributed by atoms with Crippen LogP contribution in [0.4, 0.5) is 0 Å². The molecule has 0 spiro atoms. The maximum Gasteiger partial charge on any atom is 0.258 e. The zero-order valence-corrected chi connectivity index (χ0v) is 21.4. The van der Waals surface area contributed by atoms with Crippen LogP contribution < -0.4 is 15.1 Å². The second-order valence-corrected chi connectivity index (χ2v) is 14.9. The third-order valence-corrected chi connectivity index (χ3v) is 12.5. The first-order valence-electron chi connectivity index (χ1n) is 10.8. The predicted octanol–water partition coefficient (Wildman–Crippen LogP) is 3.29. The van der Waals surface area contributed by atoms with Gasteiger partial charge in [-0.05, 0) is 52.5 Å². The molecule has 0 aliphatic rings. The van der Waals surface area contributed by atoms with E-state index >= 15 is 0 Å². The molecule has 0 aliphatic carbocycles. The van der Waals surface area contributed by atoms with Crippen LogP contribution in [0.2, 0.25) is 10.1 Å². The third-order valence-electron chi connectivity index (χ3n) is 6.15. The average Bonchev–Trinajstić information content (AvgIpc) is 2.82. The zero-order chi connectivity index (χ0) is 24.1. The molecule has 0 aliphatic heterocycles. The zero-order valence-electron chi connectivity index (χ0n) is 18.8. The lowest BCUT2D eigenvalue weighted by molar-refractivity contribution is 0.244. The third kappa shape index (κ3) is 5.74.